The fraction of sp³-hybridized carbons (Fsp3) is 0.812. The fourth-order valence-electron chi connectivity index (χ4n) is 3.19. The van der Waals surface area contributed by atoms with Crippen LogP contribution in [0.3, 0.4) is 0 Å². The molecule has 7 heteroatoms. The van der Waals surface area contributed by atoms with Crippen molar-refractivity contribution in [2.75, 3.05) is 26.3 Å². The van der Waals surface area contributed by atoms with Crippen LogP contribution in [-0.2, 0) is 47.0 Å². The third-order valence-corrected chi connectivity index (χ3v) is 4.38. The number of hydrogen-bond acceptors (Lipinski definition) is 4. The van der Waals surface area contributed by atoms with E-state index >= 15 is 0 Å². The first-order valence-electron chi connectivity index (χ1n) is 8.32. The Bertz CT molecular complexity index is 369. The summed E-state index contributed by atoms with van der Waals surface area (Å²) in [5, 5.41) is 2.49. The van der Waals surface area contributed by atoms with Gasteiger partial charge in [-0.1, -0.05) is 32.1 Å². The van der Waals surface area contributed by atoms with Crippen molar-refractivity contribution < 1.29 is 51.8 Å². The predicted molar refractivity (Wildman–Crippen MR) is 82.0 cm³/mol. The number of carbonyl (C=O) groups is 2. The fourth-order valence-corrected chi connectivity index (χ4v) is 3.19. The minimum atomic E-state index is -0.679. The third kappa shape index (κ3) is 7.06. The molecule has 0 spiro atoms. The molecular formula is C16H27N2O4Y-. The second-order valence-corrected chi connectivity index (χ2v) is 6.00. The molecule has 1 radical (unpaired) electrons. The Labute approximate surface area is 163 Å². The van der Waals surface area contributed by atoms with Crippen LogP contribution in [0.5, 0.6) is 0 Å². The van der Waals surface area contributed by atoms with E-state index in [-0.39, 0.29) is 38.6 Å². The molecule has 2 fully saturated rings. The normalized spacial score (nSPS) is 20.3. The van der Waals surface area contributed by atoms with Crippen LogP contribution in [0, 0.1) is 12.5 Å². The quantitative estimate of drug-likeness (QED) is 0.718. The third-order valence-electron chi connectivity index (χ3n) is 4.38. The van der Waals surface area contributed by atoms with Crippen molar-refractivity contribution in [2.24, 2.45) is 5.92 Å². The van der Waals surface area contributed by atoms with Gasteiger partial charge in [0, 0.05) is 45.8 Å². The molecule has 129 valence electrons. The smallest absolute Gasteiger partial charge is 0.378 e. The van der Waals surface area contributed by atoms with Gasteiger partial charge < -0.3 is 19.7 Å². The van der Waals surface area contributed by atoms with E-state index in [9.17, 15) is 9.59 Å². The average Bonchev–Trinajstić information content (AvgIpc) is 2.55. The summed E-state index contributed by atoms with van der Waals surface area (Å²) in [6.45, 7) is 5.48. The molecule has 0 aromatic rings. The van der Waals surface area contributed by atoms with Gasteiger partial charge in [0.15, 0.2) is 6.10 Å². The molecule has 1 saturated carbocycles. The van der Waals surface area contributed by atoms with Gasteiger partial charge in [-0.3, -0.25) is 4.79 Å². The zero-order valence-corrected chi connectivity index (χ0v) is 16.8. The van der Waals surface area contributed by atoms with Crippen molar-refractivity contribution in [3.05, 3.63) is 6.54 Å². The Balaban J connectivity index is 0.00000264. The minimum Gasteiger partial charge on any atom is -0.471 e. The maximum Gasteiger partial charge on any atom is 0.378 e. The Kier molecular flexibility index (Phi) is 10.3. The van der Waals surface area contributed by atoms with Crippen LogP contribution in [-0.4, -0.2) is 49.3 Å². The molecule has 23 heavy (non-hydrogen) atoms. The molecule has 0 aromatic heterocycles. The van der Waals surface area contributed by atoms with Gasteiger partial charge in [0.05, 0.1) is 13.2 Å². The van der Waals surface area contributed by atoms with Crippen LogP contribution < -0.4 is 5.32 Å². The summed E-state index contributed by atoms with van der Waals surface area (Å²) >= 11 is 0. The summed E-state index contributed by atoms with van der Waals surface area (Å²) in [4.78, 5) is 26.1. The molecule has 1 aliphatic carbocycles. The van der Waals surface area contributed by atoms with E-state index < -0.39 is 12.2 Å². The molecule has 0 bridgehead atoms. The summed E-state index contributed by atoms with van der Waals surface area (Å²) in [6, 6.07) is 0. The van der Waals surface area contributed by atoms with Crippen molar-refractivity contribution in [1.29, 1.82) is 0 Å². The Morgan fingerprint density at radius 2 is 1.91 bits per heavy atom. The van der Waals surface area contributed by atoms with E-state index in [4.69, 9.17) is 9.47 Å². The Hall–Kier alpha value is -0.196. The van der Waals surface area contributed by atoms with E-state index in [0.29, 0.717) is 38.6 Å². The molecule has 1 heterocycles. The number of hydrogen-bond donors (Lipinski definition) is 1. The van der Waals surface area contributed by atoms with E-state index in [1.807, 2.05) is 0 Å². The van der Waals surface area contributed by atoms with Gasteiger partial charge in [-0.2, -0.15) is 6.92 Å². The summed E-state index contributed by atoms with van der Waals surface area (Å²) in [5.41, 5.74) is 0. The summed E-state index contributed by atoms with van der Waals surface area (Å²) in [6.07, 6.45) is 5.33. The van der Waals surface area contributed by atoms with E-state index in [1.165, 1.54) is 25.8 Å². The van der Waals surface area contributed by atoms with Gasteiger partial charge in [-0.15, -0.1) is 0 Å². The van der Waals surface area contributed by atoms with E-state index in [0.717, 1.165) is 12.8 Å². The first kappa shape index (κ1) is 20.8. The second-order valence-electron chi connectivity index (χ2n) is 6.00. The standard InChI is InChI=1S/C16H27N2O4.Y/c1-2-17-16(20)22-14(12-13-6-4-3-5-7-13)15(19)18-8-10-21-11-9-18;/h2,13-14H,3-12H2,1H3,(H,17,20);/q-1;/t14-;/m1./s1. The summed E-state index contributed by atoms with van der Waals surface area (Å²) in [7, 11) is 0. The van der Waals surface area contributed by atoms with E-state index in [2.05, 4.69) is 5.32 Å². The minimum absolute atomic E-state index is 0. The zero-order valence-electron chi connectivity index (χ0n) is 14.0. The zero-order chi connectivity index (χ0) is 15.8. The van der Waals surface area contributed by atoms with Gasteiger partial charge in [-0.25, -0.2) is 11.3 Å². The number of amides is 2. The number of carbonyl (C=O) groups excluding carboxylic acids is 2. The molecule has 6 nitrogen and oxygen atoms in total. The van der Waals surface area contributed by atoms with Crippen LogP contribution in [0.15, 0.2) is 0 Å². The van der Waals surface area contributed by atoms with Crippen LogP contribution in [0.4, 0.5) is 4.79 Å². The topological polar surface area (TPSA) is 67.9 Å². The van der Waals surface area contributed by atoms with Crippen molar-refractivity contribution in [2.45, 2.75) is 51.6 Å². The number of nitrogens with one attached hydrogen (secondary N) is 1. The van der Waals surface area contributed by atoms with Gasteiger partial charge in [0.1, 0.15) is 0 Å². The monoisotopic (exact) mass is 400 g/mol. The summed E-state index contributed by atoms with van der Waals surface area (Å²) in [5.74, 6) is 0.391. The molecule has 2 amide bonds. The van der Waals surface area contributed by atoms with Crippen LogP contribution >= 0.6 is 0 Å². The van der Waals surface area contributed by atoms with E-state index in [1.54, 1.807) is 11.8 Å². The van der Waals surface area contributed by atoms with Gasteiger partial charge in [-0.05, 0) is 12.3 Å². The molecule has 0 unspecified atom stereocenters. The Morgan fingerprint density at radius 3 is 2.52 bits per heavy atom. The Morgan fingerprint density at radius 1 is 1.26 bits per heavy atom. The predicted octanol–water partition coefficient (Wildman–Crippen LogP) is 2.09. The van der Waals surface area contributed by atoms with Crippen molar-refractivity contribution in [3.8, 4) is 0 Å². The molecule has 1 atom stereocenters. The van der Waals surface area contributed by atoms with Crippen molar-refractivity contribution in [1.82, 2.24) is 10.2 Å². The molecular weight excluding hydrogens is 373 g/mol. The van der Waals surface area contributed by atoms with Gasteiger partial charge in [0.2, 0.25) is 0 Å². The van der Waals surface area contributed by atoms with Crippen molar-refractivity contribution in [3.63, 3.8) is 0 Å². The number of nitrogens with zero attached hydrogens (tertiary/aromatic N) is 1. The number of rotatable bonds is 5. The summed E-state index contributed by atoms with van der Waals surface area (Å²) < 4.78 is 10.7. The molecule has 1 saturated heterocycles. The first-order chi connectivity index (χ1) is 10.7. The van der Waals surface area contributed by atoms with Gasteiger partial charge >= 0.3 is 6.09 Å². The number of ether oxygens (including phenoxy) is 2. The molecule has 1 N–H and O–H groups in total. The average molecular weight is 400 g/mol. The largest absolute Gasteiger partial charge is 0.471 e. The van der Waals surface area contributed by atoms with Gasteiger partial charge in [0.25, 0.3) is 5.91 Å². The van der Waals surface area contributed by atoms with Crippen LogP contribution in [0.25, 0.3) is 0 Å². The number of alkyl carbamates (subject to hydrolysis) is 1. The number of morpholine rings is 1. The van der Waals surface area contributed by atoms with Crippen LogP contribution in [0.1, 0.15) is 45.4 Å². The molecule has 1 aliphatic heterocycles. The van der Waals surface area contributed by atoms with Crippen molar-refractivity contribution >= 4 is 12.0 Å². The maximum absolute atomic E-state index is 12.7. The maximum atomic E-state index is 12.7. The molecule has 2 aliphatic rings. The second kappa shape index (κ2) is 11.4. The molecule has 2 rings (SSSR count). The molecule has 0 aromatic carbocycles. The first-order valence-corrected chi connectivity index (χ1v) is 8.32. The SMILES string of the molecule is C[CH-]NC(=O)O[C@H](CC1CCCCC1)C(=O)N1CCOCC1.[Y]. The van der Waals surface area contributed by atoms with Crippen LogP contribution in [0.2, 0.25) is 0 Å².